The van der Waals surface area contributed by atoms with Crippen LogP contribution in [0, 0.1) is 0 Å². The van der Waals surface area contributed by atoms with Gasteiger partial charge in [0.05, 0.1) is 4.83 Å². The van der Waals surface area contributed by atoms with Gasteiger partial charge < -0.3 is 5.32 Å². The van der Waals surface area contributed by atoms with Crippen LogP contribution in [-0.4, -0.2) is 16.8 Å². The molecule has 0 unspecified atom stereocenters. The maximum Gasteiger partial charge on any atom is 0.233 e. The number of nitrogens with one attached hydrogen (secondary N) is 1. The first kappa shape index (κ1) is 10.0. The van der Waals surface area contributed by atoms with E-state index >= 15 is 0 Å². The first-order valence-corrected chi connectivity index (χ1v) is 5.60. The normalized spacial score (nSPS) is 20.8. The van der Waals surface area contributed by atoms with Crippen LogP contribution in [0.1, 0.15) is 39.0 Å². The van der Waals surface area contributed by atoms with Crippen LogP contribution in [-0.2, 0) is 4.79 Å². The zero-order valence-corrected chi connectivity index (χ0v) is 9.06. The van der Waals surface area contributed by atoms with E-state index < -0.39 is 0 Å². The van der Waals surface area contributed by atoms with E-state index in [0.717, 1.165) is 19.3 Å². The van der Waals surface area contributed by atoms with Gasteiger partial charge in [-0.2, -0.15) is 0 Å². The zero-order valence-electron chi connectivity index (χ0n) is 7.48. The van der Waals surface area contributed by atoms with Crippen molar-refractivity contribution in [3.63, 3.8) is 0 Å². The molecule has 1 N–H and O–H groups in total. The van der Waals surface area contributed by atoms with Crippen LogP contribution in [0.5, 0.6) is 0 Å². The van der Waals surface area contributed by atoms with Crippen molar-refractivity contribution in [1.29, 1.82) is 0 Å². The summed E-state index contributed by atoms with van der Waals surface area (Å²) in [5, 5.41) is 3.04. The molecule has 0 aliphatic heterocycles. The molecular formula is C9H16BrNO. The van der Waals surface area contributed by atoms with E-state index in [0.29, 0.717) is 6.04 Å². The Balaban J connectivity index is 2.25. The highest BCUT2D eigenvalue weighted by Crippen LogP contribution is 2.18. The van der Waals surface area contributed by atoms with Crippen molar-refractivity contribution in [2.24, 2.45) is 0 Å². The molecule has 1 rings (SSSR count). The number of carbonyl (C=O) groups excluding carboxylic acids is 1. The predicted octanol–water partition coefficient (Wildman–Crippen LogP) is 2.22. The van der Waals surface area contributed by atoms with Gasteiger partial charge in [0, 0.05) is 6.04 Å². The highest BCUT2D eigenvalue weighted by atomic mass is 79.9. The van der Waals surface area contributed by atoms with Crippen molar-refractivity contribution < 1.29 is 4.79 Å². The van der Waals surface area contributed by atoms with Gasteiger partial charge in [0.15, 0.2) is 0 Å². The van der Waals surface area contributed by atoms with Gasteiger partial charge in [-0.05, 0) is 19.3 Å². The van der Waals surface area contributed by atoms with Crippen LogP contribution < -0.4 is 5.32 Å². The molecule has 0 bridgehead atoms. The molecule has 0 aromatic rings. The molecule has 1 fully saturated rings. The minimum atomic E-state index is -0.00176. The summed E-state index contributed by atoms with van der Waals surface area (Å²) >= 11 is 3.34. The van der Waals surface area contributed by atoms with E-state index in [1.807, 2.05) is 6.92 Å². The Bertz CT molecular complexity index is 155. The molecule has 1 saturated carbocycles. The Kier molecular flexibility index (Phi) is 4.06. The van der Waals surface area contributed by atoms with Crippen LogP contribution in [0.4, 0.5) is 0 Å². The highest BCUT2D eigenvalue weighted by molar-refractivity contribution is 9.10. The second kappa shape index (κ2) is 4.85. The van der Waals surface area contributed by atoms with Gasteiger partial charge in [-0.15, -0.1) is 0 Å². The summed E-state index contributed by atoms with van der Waals surface area (Å²) in [5.74, 6) is 0.157. The second-order valence-corrected chi connectivity index (χ2v) is 4.47. The van der Waals surface area contributed by atoms with Gasteiger partial charge in [-0.25, -0.2) is 0 Å². The first-order chi connectivity index (χ1) is 5.74. The monoisotopic (exact) mass is 233 g/mol. The average Bonchev–Trinajstić information content (AvgIpc) is 2.55. The van der Waals surface area contributed by atoms with E-state index in [9.17, 15) is 4.79 Å². The fourth-order valence-electron chi connectivity index (χ4n) is 1.55. The smallest absolute Gasteiger partial charge is 0.233 e. The number of carbonyl (C=O) groups is 1. The standard InChI is InChI=1S/C9H16BrNO/c1-2-8(10)9(12)11-7-5-3-4-6-7/h7-8H,2-6H2,1H3,(H,11,12)/t8-/m1/s1. The summed E-state index contributed by atoms with van der Waals surface area (Å²) in [4.78, 5) is 11.4. The Labute approximate surface area is 82.2 Å². The van der Waals surface area contributed by atoms with Gasteiger partial charge in [0.2, 0.25) is 5.91 Å². The molecule has 0 spiro atoms. The highest BCUT2D eigenvalue weighted by Gasteiger charge is 2.20. The summed E-state index contributed by atoms with van der Waals surface area (Å²) in [7, 11) is 0. The number of rotatable bonds is 3. The molecule has 1 amide bonds. The largest absolute Gasteiger partial charge is 0.352 e. The molecule has 1 aliphatic carbocycles. The maximum atomic E-state index is 11.4. The van der Waals surface area contributed by atoms with Crippen LogP contribution in [0.3, 0.4) is 0 Å². The Morgan fingerprint density at radius 2 is 2.17 bits per heavy atom. The quantitative estimate of drug-likeness (QED) is 0.745. The lowest BCUT2D eigenvalue weighted by Gasteiger charge is -2.14. The Hall–Kier alpha value is -0.0500. The summed E-state index contributed by atoms with van der Waals surface area (Å²) in [6.07, 6.45) is 5.72. The van der Waals surface area contributed by atoms with Crippen molar-refractivity contribution >= 4 is 21.8 Å². The molecule has 0 aromatic heterocycles. The third-order valence-corrected chi connectivity index (χ3v) is 3.41. The van der Waals surface area contributed by atoms with Gasteiger partial charge in [-0.1, -0.05) is 35.7 Å². The average molecular weight is 234 g/mol. The molecule has 70 valence electrons. The first-order valence-electron chi connectivity index (χ1n) is 4.68. The third kappa shape index (κ3) is 2.77. The predicted molar refractivity (Wildman–Crippen MR) is 53.4 cm³/mol. The van der Waals surface area contributed by atoms with E-state index in [1.54, 1.807) is 0 Å². The number of alkyl halides is 1. The van der Waals surface area contributed by atoms with Gasteiger partial charge in [0.1, 0.15) is 0 Å². The van der Waals surface area contributed by atoms with Gasteiger partial charge in [0.25, 0.3) is 0 Å². The summed E-state index contributed by atoms with van der Waals surface area (Å²) in [6.45, 7) is 2.01. The lowest BCUT2D eigenvalue weighted by molar-refractivity contribution is -0.121. The fraction of sp³-hybridized carbons (Fsp3) is 0.889. The lowest BCUT2D eigenvalue weighted by Crippen LogP contribution is -2.37. The minimum Gasteiger partial charge on any atom is -0.352 e. The van der Waals surface area contributed by atoms with Crippen LogP contribution in [0.2, 0.25) is 0 Å². The SMILES string of the molecule is CC[C@@H](Br)C(=O)NC1CCCC1. The van der Waals surface area contributed by atoms with E-state index in [4.69, 9.17) is 0 Å². The van der Waals surface area contributed by atoms with Crippen molar-refractivity contribution in [1.82, 2.24) is 5.32 Å². The van der Waals surface area contributed by atoms with E-state index in [1.165, 1.54) is 12.8 Å². The lowest BCUT2D eigenvalue weighted by atomic mass is 10.2. The van der Waals surface area contributed by atoms with Crippen molar-refractivity contribution in [3.05, 3.63) is 0 Å². The maximum absolute atomic E-state index is 11.4. The summed E-state index contributed by atoms with van der Waals surface area (Å²) in [5.41, 5.74) is 0. The number of hydrogen-bond acceptors (Lipinski definition) is 1. The van der Waals surface area contributed by atoms with Crippen molar-refractivity contribution in [2.45, 2.75) is 49.9 Å². The molecule has 1 atom stereocenters. The zero-order chi connectivity index (χ0) is 8.97. The number of hydrogen-bond donors (Lipinski definition) is 1. The van der Waals surface area contributed by atoms with Crippen molar-refractivity contribution in [2.75, 3.05) is 0 Å². The van der Waals surface area contributed by atoms with Crippen molar-refractivity contribution in [3.8, 4) is 0 Å². The Morgan fingerprint density at radius 3 is 2.67 bits per heavy atom. The summed E-state index contributed by atoms with van der Waals surface area (Å²) in [6, 6.07) is 0.448. The summed E-state index contributed by atoms with van der Waals surface area (Å²) < 4.78 is 0. The van der Waals surface area contributed by atoms with Crippen LogP contribution in [0.15, 0.2) is 0 Å². The molecule has 3 heteroatoms. The van der Waals surface area contributed by atoms with E-state index in [2.05, 4.69) is 21.2 Å². The second-order valence-electron chi connectivity index (χ2n) is 3.37. The molecule has 2 nitrogen and oxygen atoms in total. The molecule has 0 radical (unpaired) electrons. The molecule has 0 heterocycles. The molecule has 12 heavy (non-hydrogen) atoms. The van der Waals surface area contributed by atoms with Gasteiger partial charge >= 0.3 is 0 Å². The number of halogens is 1. The van der Waals surface area contributed by atoms with Gasteiger partial charge in [-0.3, -0.25) is 4.79 Å². The van der Waals surface area contributed by atoms with Crippen LogP contribution in [0.25, 0.3) is 0 Å². The molecule has 0 saturated heterocycles. The topological polar surface area (TPSA) is 29.1 Å². The number of amides is 1. The molecule has 1 aliphatic rings. The third-order valence-electron chi connectivity index (χ3n) is 2.34. The molecular weight excluding hydrogens is 218 g/mol. The Morgan fingerprint density at radius 1 is 1.58 bits per heavy atom. The van der Waals surface area contributed by atoms with E-state index in [-0.39, 0.29) is 10.7 Å². The van der Waals surface area contributed by atoms with Crippen LogP contribution >= 0.6 is 15.9 Å². The minimum absolute atomic E-state index is 0.00176. The fourth-order valence-corrected chi connectivity index (χ4v) is 1.68. The molecule has 0 aromatic carbocycles.